The quantitative estimate of drug-likeness (QED) is 0.110. The van der Waals surface area contributed by atoms with Crippen LogP contribution in [0, 0.1) is 5.82 Å². The number of aliphatic hydroxyl groups is 5. The number of anilines is 1. The number of hydrogen-bond acceptors (Lipinski definition) is 15. The zero-order valence-electron chi connectivity index (χ0n) is 22.0. The van der Waals surface area contributed by atoms with E-state index in [2.05, 4.69) is 24.9 Å². The van der Waals surface area contributed by atoms with Gasteiger partial charge < -0.3 is 45.7 Å². The van der Waals surface area contributed by atoms with Gasteiger partial charge in [-0.3, -0.25) is 18.9 Å². The fraction of sp³-hybridized carbons (Fsp3) is 0.435. The second-order valence-corrected chi connectivity index (χ2v) is 9.19. The van der Waals surface area contributed by atoms with Crippen LogP contribution in [0.2, 0.25) is 0 Å². The summed E-state index contributed by atoms with van der Waals surface area (Å²) in [6, 6.07) is 1.37. The number of aromatic amines is 2. The molecular formula is C23H28FN9O10. The molecule has 0 spiro atoms. The van der Waals surface area contributed by atoms with Crippen molar-refractivity contribution in [3.8, 4) is 0 Å². The van der Waals surface area contributed by atoms with Crippen molar-refractivity contribution in [3.63, 3.8) is 0 Å². The summed E-state index contributed by atoms with van der Waals surface area (Å²) in [6.45, 7) is -0.857. The zero-order chi connectivity index (χ0) is 31.3. The van der Waals surface area contributed by atoms with E-state index in [1.807, 2.05) is 0 Å². The minimum Gasteiger partial charge on any atom is -0.394 e. The molecule has 20 heteroatoms. The van der Waals surface area contributed by atoms with Crippen molar-refractivity contribution in [2.24, 2.45) is 0 Å². The third-order valence-corrected chi connectivity index (χ3v) is 6.36. The monoisotopic (exact) mass is 609 g/mol. The Balaban J connectivity index is 0.000000154. The van der Waals surface area contributed by atoms with Crippen LogP contribution in [-0.4, -0.2) is 108 Å². The van der Waals surface area contributed by atoms with E-state index in [9.17, 15) is 34.1 Å². The lowest BCUT2D eigenvalue weighted by Gasteiger charge is -2.16. The van der Waals surface area contributed by atoms with Gasteiger partial charge >= 0.3 is 11.4 Å². The highest BCUT2D eigenvalue weighted by atomic mass is 19.1. The van der Waals surface area contributed by atoms with Crippen molar-refractivity contribution in [2.75, 3.05) is 18.9 Å². The zero-order valence-corrected chi connectivity index (χ0v) is 22.0. The average molecular weight is 610 g/mol. The molecule has 0 bridgehead atoms. The largest absolute Gasteiger partial charge is 0.394 e. The molecule has 0 saturated carbocycles. The van der Waals surface area contributed by atoms with E-state index in [0.29, 0.717) is 5.65 Å². The van der Waals surface area contributed by atoms with Gasteiger partial charge in [0.15, 0.2) is 11.9 Å². The summed E-state index contributed by atoms with van der Waals surface area (Å²) in [5, 5.41) is 46.5. The topological polar surface area (TPSA) is 290 Å². The molecule has 4 aromatic rings. The van der Waals surface area contributed by atoms with Gasteiger partial charge in [0.1, 0.15) is 48.3 Å². The molecule has 0 unspecified atom stereocenters. The highest BCUT2D eigenvalue weighted by Gasteiger charge is 2.43. The second-order valence-electron chi connectivity index (χ2n) is 9.19. The average Bonchev–Trinajstić information content (AvgIpc) is 3.69. The highest BCUT2D eigenvalue weighted by molar-refractivity contribution is 5.67. The number of fused-ring (bicyclic) bond motifs is 1. The Kier molecular flexibility index (Phi) is 10.0. The predicted octanol–water partition coefficient (Wildman–Crippen LogP) is -3.89. The summed E-state index contributed by atoms with van der Waals surface area (Å²) >= 11 is 0. The van der Waals surface area contributed by atoms with E-state index in [1.165, 1.54) is 18.6 Å². The van der Waals surface area contributed by atoms with Crippen LogP contribution in [0.4, 0.5) is 10.2 Å². The fourth-order valence-corrected chi connectivity index (χ4v) is 4.15. The summed E-state index contributed by atoms with van der Waals surface area (Å²) in [5.74, 6) is -1.06. The number of nitrogens with one attached hydrogen (secondary N) is 2. The molecule has 9 N–H and O–H groups in total. The molecule has 2 fully saturated rings. The number of nitrogens with two attached hydrogens (primary N) is 1. The number of rotatable bonds is 4. The lowest BCUT2D eigenvalue weighted by Crippen LogP contribution is -2.36. The van der Waals surface area contributed by atoms with Gasteiger partial charge in [-0.15, -0.1) is 0 Å². The van der Waals surface area contributed by atoms with Crippen LogP contribution >= 0.6 is 0 Å². The molecule has 0 aliphatic carbocycles. The van der Waals surface area contributed by atoms with Crippen molar-refractivity contribution in [1.29, 1.82) is 0 Å². The number of aromatic nitrogens is 8. The first-order valence-corrected chi connectivity index (χ1v) is 12.6. The Hall–Kier alpha value is -4.44. The van der Waals surface area contributed by atoms with Gasteiger partial charge in [-0.05, 0) is 6.07 Å². The minimum atomic E-state index is -1.31. The van der Waals surface area contributed by atoms with Gasteiger partial charge in [0.05, 0.1) is 38.0 Å². The second kappa shape index (κ2) is 13.7. The molecule has 2 aliphatic heterocycles. The predicted molar refractivity (Wildman–Crippen MR) is 141 cm³/mol. The van der Waals surface area contributed by atoms with Gasteiger partial charge in [0, 0.05) is 12.6 Å². The molecule has 7 atom stereocenters. The smallest absolute Gasteiger partial charge is 0.351 e. The molecule has 2 saturated heterocycles. The van der Waals surface area contributed by atoms with Gasteiger partial charge in [-0.2, -0.15) is 9.37 Å². The van der Waals surface area contributed by atoms with E-state index >= 15 is 0 Å². The normalized spacial score (nSPS) is 26.4. The van der Waals surface area contributed by atoms with E-state index in [-0.39, 0.29) is 12.2 Å². The van der Waals surface area contributed by atoms with Crippen LogP contribution in [0.3, 0.4) is 0 Å². The molecule has 6 rings (SSSR count). The molecule has 232 valence electrons. The van der Waals surface area contributed by atoms with Crippen LogP contribution in [0.15, 0.2) is 51.7 Å². The van der Waals surface area contributed by atoms with Crippen LogP contribution in [0.5, 0.6) is 0 Å². The Morgan fingerprint density at radius 3 is 2.42 bits per heavy atom. The Morgan fingerprint density at radius 2 is 1.79 bits per heavy atom. The van der Waals surface area contributed by atoms with E-state index in [4.69, 9.17) is 25.4 Å². The van der Waals surface area contributed by atoms with Gasteiger partial charge in [-0.1, -0.05) is 0 Å². The lowest BCUT2D eigenvalue weighted by molar-refractivity contribution is -0.0549. The fourth-order valence-electron chi connectivity index (χ4n) is 4.15. The van der Waals surface area contributed by atoms with Gasteiger partial charge in [0.2, 0.25) is 5.82 Å². The molecule has 0 amide bonds. The number of H-pyrrole nitrogens is 2. The standard InChI is InChI=1S/C9H11FN2O5.C9H13N3O5.C5H4N4/c10-4-2-12(9(16)11-8(4)15)7-1-5(14)6(3-13)17-7;10-5-1-2-12(9(16)11-5)8-7(15)6(14)4(3-13)17-8;1-4-5(8-2-6-1)9-3-7-4/h2,5-7,13-14H,1,3H2,(H,11,15,16);1-2,4,6-8,13-15H,3H2,(H2,10,11,16);1-3H,(H,6,7,8,9)/t5-,6+,7+;4-,6-,7+,8-;/m01./s1. The maximum atomic E-state index is 13.0. The number of hydrogen-bond donors (Lipinski definition) is 8. The van der Waals surface area contributed by atoms with E-state index < -0.39 is 78.9 Å². The molecular weight excluding hydrogens is 581 g/mol. The number of nitrogens with zero attached hydrogens (tertiary/aromatic N) is 6. The SMILES string of the molecule is Nc1ccn([C@@H]2O[C@H](CO)[C@@H](O)[C@@H]2O)c(=O)n1.O=c1[nH]c(=O)n([C@H]2C[C@H](O)[C@@H](CO)O2)cc1F.c1ncc2[nH]cnc2n1. The number of imidazole rings is 1. The molecule has 43 heavy (non-hydrogen) atoms. The number of halogens is 1. The summed E-state index contributed by atoms with van der Waals surface area (Å²) in [6.07, 6.45) is -0.403. The minimum absolute atomic E-state index is 0.0383. The van der Waals surface area contributed by atoms with Crippen molar-refractivity contribution < 1.29 is 39.4 Å². The van der Waals surface area contributed by atoms with E-state index in [1.54, 1.807) is 17.5 Å². The molecule has 4 aromatic heterocycles. The number of ether oxygens (including phenoxy) is 2. The number of aliphatic hydroxyl groups excluding tert-OH is 5. The Bertz CT molecular complexity index is 1660. The first-order valence-electron chi connectivity index (χ1n) is 12.6. The van der Waals surface area contributed by atoms with Crippen LogP contribution in [0.25, 0.3) is 11.2 Å². The van der Waals surface area contributed by atoms with Gasteiger partial charge in [0.25, 0.3) is 5.56 Å². The first-order chi connectivity index (χ1) is 20.5. The summed E-state index contributed by atoms with van der Waals surface area (Å²) in [4.78, 5) is 53.5. The summed E-state index contributed by atoms with van der Waals surface area (Å²) < 4.78 is 25.2. The molecule has 0 radical (unpaired) electrons. The summed E-state index contributed by atoms with van der Waals surface area (Å²) in [7, 11) is 0. The van der Waals surface area contributed by atoms with Crippen molar-refractivity contribution in [1.82, 2.24) is 39.0 Å². The molecule has 2 aliphatic rings. The lowest BCUT2D eigenvalue weighted by atomic mass is 10.1. The van der Waals surface area contributed by atoms with Crippen molar-refractivity contribution >= 4 is 17.0 Å². The molecule has 19 nitrogen and oxygen atoms in total. The maximum absolute atomic E-state index is 13.0. The van der Waals surface area contributed by atoms with E-state index in [0.717, 1.165) is 20.8 Å². The van der Waals surface area contributed by atoms with Crippen molar-refractivity contribution in [3.05, 3.63) is 74.5 Å². The molecule has 6 heterocycles. The van der Waals surface area contributed by atoms with Gasteiger partial charge in [-0.25, -0.2) is 24.5 Å². The summed E-state index contributed by atoms with van der Waals surface area (Å²) in [5.41, 5.74) is 4.28. The molecule has 0 aromatic carbocycles. The van der Waals surface area contributed by atoms with Crippen LogP contribution in [-0.2, 0) is 9.47 Å². The third kappa shape index (κ3) is 7.14. The highest BCUT2D eigenvalue weighted by Crippen LogP contribution is 2.28. The maximum Gasteiger partial charge on any atom is 0.351 e. The first kappa shape index (κ1) is 31.5. The third-order valence-electron chi connectivity index (χ3n) is 6.36. The Morgan fingerprint density at radius 1 is 1.05 bits per heavy atom. The van der Waals surface area contributed by atoms with Crippen LogP contribution < -0.4 is 22.7 Å². The Labute approximate surface area is 238 Å². The van der Waals surface area contributed by atoms with Crippen molar-refractivity contribution in [2.45, 2.75) is 49.4 Å². The number of nitrogen functional groups attached to an aromatic ring is 1. The van der Waals surface area contributed by atoms with Crippen LogP contribution in [0.1, 0.15) is 18.9 Å².